The molecular formula is C23H20Cl2N2O2S. The molecule has 4 nitrogen and oxygen atoms in total. The predicted molar refractivity (Wildman–Crippen MR) is 126 cm³/mol. The summed E-state index contributed by atoms with van der Waals surface area (Å²) in [6, 6.07) is 19.7. The molecule has 0 spiro atoms. The van der Waals surface area contributed by atoms with Crippen molar-refractivity contribution >= 4 is 58.2 Å². The van der Waals surface area contributed by atoms with Gasteiger partial charge in [0, 0.05) is 21.2 Å². The topological polar surface area (TPSA) is 58.2 Å². The minimum atomic E-state index is -0.376. The summed E-state index contributed by atoms with van der Waals surface area (Å²) in [5.41, 5.74) is 2.72. The SMILES string of the molecule is Cc1ccccc1C(=O)Nc1cccc(SC(C)C(=O)Nc2ccc(Cl)cc2Cl)c1. The highest BCUT2D eigenvalue weighted by atomic mass is 35.5. The molecule has 0 saturated carbocycles. The fraction of sp³-hybridized carbons (Fsp3) is 0.130. The van der Waals surface area contributed by atoms with Crippen molar-refractivity contribution in [1.82, 2.24) is 0 Å². The zero-order valence-electron chi connectivity index (χ0n) is 16.4. The van der Waals surface area contributed by atoms with Gasteiger partial charge in [0.15, 0.2) is 0 Å². The van der Waals surface area contributed by atoms with Crippen molar-refractivity contribution in [2.75, 3.05) is 10.6 Å². The van der Waals surface area contributed by atoms with Gasteiger partial charge in [0.05, 0.1) is 16.0 Å². The van der Waals surface area contributed by atoms with Gasteiger partial charge in [0.2, 0.25) is 5.91 Å². The normalized spacial score (nSPS) is 11.6. The quantitative estimate of drug-likeness (QED) is 0.405. The van der Waals surface area contributed by atoms with Crippen LogP contribution < -0.4 is 10.6 Å². The van der Waals surface area contributed by atoms with Gasteiger partial charge in [-0.1, -0.05) is 47.5 Å². The molecule has 0 aliphatic carbocycles. The lowest BCUT2D eigenvalue weighted by Gasteiger charge is -2.14. The second kappa shape index (κ2) is 10.0. The molecule has 0 aromatic heterocycles. The lowest BCUT2D eigenvalue weighted by molar-refractivity contribution is -0.115. The number of carbonyl (C=O) groups excluding carboxylic acids is 2. The van der Waals surface area contributed by atoms with E-state index in [9.17, 15) is 9.59 Å². The molecule has 30 heavy (non-hydrogen) atoms. The summed E-state index contributed by atoms with van der Waals surface area (Å²) in [6.45, 7) is 3.71. The number of nitrogens with one attached hydrogen (secondary N) is 2. The summed E-state index contributed by atoms with van der Waals surface area (Å²) in [6.07, 6.45) is 0. The van der Waals surface area contributed by atoms with Crippen molar-refractivity contribution in [1.29, 1.82) is 0 Å². The zero-order valence-corrected chi connectivity index (χ0v) is 18.7. The first-order chi connectivity index (χ1) is 14.3. The maximum atomic E-state index is 12.5. The first-order valence-electron chi connectivity index (χ1n) is 9.23. The third-order valence-corrected chi connectivity index (χ3v) is 5.99. The molecule has 0 bridgehead atoms. The third kappa shape index (κ3) is 5.79. The maximum absolute atomic E-state index is 12.5. The van der Waals surface area contributed by atoms with Gasteiger partial charge in [0.1, 0.15) is 0 Å². The smallest absolute Gasteiger partial charge is 0.255 e. The zero-order chi connectivity index (χ0) is 21.7. The molecule has 3 aromatic rings. The van der Waals surface area contributed by atoms with Crippen LogP contribution in [0.5, 0.6) is 0 Å². The van der Waals surface area contributed by atoms with Gasteiger partial charge in [-0.2, -0.15) is 0 Å². The van der Waals surface area contributed by atoms with Crippen LogP contribution in [-0.4, -0.2) is 17.1 Å². The summed E-state index contributed by atoms with van der Waals surface area (Å²) in [4.78, 5) is 25.9. The standard InChI is InChI=1S/C23H20Cl2N2O2S/c1-14-6-3-4-9-19(14)23(29)26-17-7-5-8-18(13-17)30-15(2)22(28)27-21-11-10-16(24)12-20(21)25/h3-13,15H,1-2H3,(H,26,29)(H,27,28). The van der Waals surface area contributed by atoms with E-state index >= 15 is 0 Å². The number of benzene rings is 3. The molecule has 154 valence electrons. The van der Waals surface area contributed by atoms with E-state index in [1.54, 1.807) is 24.3 Å². The van der Waals surface area contributed by atoms with Crippen LogP contribution in [0.4, 0.5) is 11.4 Å². The van der Waals surface area contributed by atoms with E-state index in [-0.39, 0.29) is 17.1 Å². The highest BCUT2D eigenvalue weighted by molar-refractivity contribution is 8.00. The fourth-order valence-corrected chi connectivity index (χ4v) is 4.14. The molecule has 0 saturated heterocycles. The molecule has 3 aromatic carbocycles. The lowest BCUT2D eigenvalue weighted by atomic mass is 10.1. The van der Waals surface area contributed by atoms with Gasteiger partial charge < -0.3 is 10.6 Å². The number of halogens is 2. The van der Waals surface area contributed by atoms with Crippen LogP contribution in [0.2, 0.25) is 10.0 Å². The molecule has 3 rings (SSSR count). The predicted octanol–water partition coefficient (Wildman–Crippen LogP) is 6.67. The van der Waals surface area contributed by atoms with Crippen LogP contribution in [-0.2, 0) is 4.79 Å². The van der Waals surface area contributed by atoms with Crippen LogP contribution in [0.1, 0.15) is 22.8 Å². The minimum absolute atomic E-state index is 0.168. The van der Waals surface area contributed by atoms with E-state index in [1.807, 2.05) is 56.3 Å². The number of carbonyl (C=O) groups is 2. The highest BCUT2D eigenvalue weighted by Gasteiger charge is 2.16. The number of hydrogen-bond acceptors (Lipinski definition) is 3. The first kappa shape index (κ1) is 22.2. The number of aryl methyl sites for hydroxylation is 1. The summed E-state index contributed by atoms with van der Waals surface area (Å²) in [5.74, 6) is -0.350. The van der Waals surface area contributed by atoms with Crippen LogP contribution in [0.3, 0.4) is 0 Å². The number of anilines is 2. The van der Waals surface area contributed by atoms with E-state index < -0.39 is 0 Å². The van der Waals surface area contributed by atoms with Gasteiger partial charge in [-0.3, -0.25) is 9.59 Å². The Labute approximate surface area is 190 Å². The van der Waals surface area contributed by atoms with Gasteiger partial charge in [0.25, 0.3) is 5.91 Å². The Bertz CT molecular complexity index is 1090. The number of thioether (sulfide) groups is 1. The highest BCUT2D eigenvalue weighted by Crippen LogP contribution is 2.29. The van der Waals surface area contributed by atoms with Gasteiger partial charge in [-0.05, 0) is 61.9 Å². The Morgan fingerprint density at radius 3 is 2.43 bits per heavy atom. The third-order valence-electron chi connectivity index (χ3n) is 4.35. The minimum Gasteiger partial charge on any atom is -0.324 e. The monoisotopic (exact) mass is 458 g/mol. The first-order valence-corrected chi connectivity index (χ1v) is 10.9. The van der Waals surface area contributed by atoms with Gasteiger partial charge in [-0.15, -0.1) is 11.8 Å². The lowest BCUT2D eigenvalue weighted by Crippen LogP contribution is -2.22. The van der Waals surface area contributed by atoms with E-state index in [0.717, 1.165) is 10.5 Å². The molecule has 1 unspecified atom stereocenters. The Kier molecular flexibility index (Phi) is 7.43. The second-order valence-electron chi connectivity index (χ2n) is 6.67. The second-order valence-corrected chi connectivity index (χ2v) is 8.93. The molecule has 0 radical (unpaired) electrons. The fourth-order valence-electron chi connectivity index (χ4n) is 2.76. The van der Waals surface area contributed by atoms with Crippen molar-refractivity contribution in [3.63, 3.8) is 0 Å². The largest absolute Gasteiger partial charge is 0.324 e. The van der Waals surface area contributed by atoms with E-state index in [2.05, 4.69) is 10.6 Å². The summed E-state index contributed by atoms with van der Waals surface area (Å²) >= 11 is 13.4. The Balaban J connectivity index is 1.65. The van der Waals surface area contributed by atoms with Crippen molar-refractivity contribution < 1.29 is 9.59 Å². The molecule has 0 aliphatic rings. The Morgan fingerprint density at radius 2 is 1.70 bits per heavy atom. The van der Waals surface area contributed by atoms with Gasteiger partial charge in [-0.25, -0.2) is 0 Å². The molecular weight excluding hydrogens is 439 g/mol. The molecule has 0 fully saturated rings. The van der Waals surface area contributed by atoms with Crippen molar-refractivity contribution in [2.24, 2.45) is 0 Å². The number of rotatable bonds is 6. The summed E-state index contributed by atoms with van der Waals surface area (Å²) in [7, 11) is 0. The van der Waals surface area contributed by atoms with E-state index in [1.165, 1.54) is 11.8 Å². The van der Waals surface area contributed by atoms with Crippen molar-refractivity contribution in [3.05, 3.63) is 87.9 Å². The average Bonchev–Trinajstić information content (AvgIpc) is 2.70. The number of hydrogen-bond donors (Lipinski definition) is 2. The maximum Gasteiger partial charge on any atom is 0.255 e. The van der Waals surface area contributed by atoms with Gasteiger partial charge >= 0.3 is 0 Å². The Morgan fingerprint density at radius 1 is 0.933 bits per heavy atom. The van der Waals surface area contributed by atoms with Crippen LogP contribution in [0.15, 0.2) is 71.6 Å². The molecule has 2 N–H and O–H groups in total. The van der Waals surface area contributed by atoms with Crippen LogP contribution in [0.25, 0.3) is 0 Å². The van der Waals surface area contributed by atoms with Crippen molar-refractivity contribution in [3.8, 4) is 0 Å². The van der Waals surface area contributed by atoms with Crippen LogP contribution >= 0.6 is 35.0 Å². The molecule has 2 amide bonds. The van der Waals surface area contributed by atoms with E-state index in [4.69, 9.17) is 23.2 Å². The number of amides is 2. The molecule has 1 atom stereocenters. The summed E-state index contributed by atoms with van der Waals surface area (Å²) < 4.78 is 0. The van der Waals surface area contributed by atoms with Crippen LogP contribution in [0, 0.1) is 6.92 Å². The van der Waals surface area contributed by atoms with E-state index in [0.29, 0.717) is 27.0 Å². The Hall–Kier alpha value is -2.47. The molecule has 0 aliphatic heterocycles. The molecule has 7 heteroatoms. The average molecular weight is 459 g/mol. The molecule has 0 heterocycles. The summed E-state index contributed by atoms with van der Waals surface area (Å²) in [5, 5.41) is 6.24. The van der Waals surface area contributed by atoms with Crippen molar-refractivity contribution in [2.45, 2.75) is 24.0 Å².